The number of aliphatic hydroxyl groups is 8. The molecule has 0 amide bonds. The van der Waals surface area contributed by atoms with Crippen molar-refractivity contribution in [2.24, 2.45) is 0 Å². The Labute approximate surface area is 189 Å². The summed E-state index contributed by atoms with van der Waals surface area (Å²) in [5, 5.41) is 80.8. The monoisotopic (exact) mass is 486 g/mol. The van der Waals surface area contributed by atoms with Gasteiger partial charge in [0, 0.05) is 7.11 Å². The standard InChI is InChI=1S/C19H34O14/c1-5-8(21)10(23)12(25)18(29-5)33-16-14(27)17(28-3)30-6(2)15(16)32-19-13(26)11(24)9(22)7(4-20)31-19/h5-27H,4H2,1-3H3/t5-,6-,7+,8-,9+,10+,11-,12+,13+,14+,15-,16-,17+,18-,19+/m0/s1. The number of rotatable bonds is 6. The topological polar surface area (TPSA) is 217 Å². The lowest BCUT2D eigenvalue weighted by Crippen LogP contribution is -2.66. The lowest BCUT2D eigenvalue weighted by atomic mass is 9.96. The molecule has 0 unspecified atom stereocenters. The van der Waals surface area contributed by atoms with Gasteiger partial charge in [-0.15, -0.1) is 0 Å². The van der Waals surface area contributed by atoms with E-state index in [1.807, 2.05) is 0 Å². The van der Waals surface area contributed by atoms with Crippen LogP contribution in [0.4, 0.5) is 0 Å². The molecule has 0 radical (unpaired) electrons. The summed E-state index contributed by atoms with van der Waals surface area (Å²) < 4.78 is 33.0. The van der Waals surface area contributed by atoms with Crippen molar-refractivity contribution in [2.75, 3.05) is 13.7 Å². The van der Waals surface area contributed by atoms with Crippen LogP contribution in [-0.2, 0) is 28.4 Å². The quantitative estimate of drug-likeness (QED) is 0.177. The summed E-state index contributed by atoms with van der Waals surface area (Å²) in [6.45, 7) is 2.33. The van der Waals surface area contributed by atoms with Crippen molar-refractivity contribution in [3.8, 4) is 0 Å². The molecule has 0 aliphatic carbocycles. The lowest BCUT2D eigenvalue weighted by molar-refractivity contribution is -0.381. The smallest absolute Gasteiger partial charge is 0.187 e. The van der Waals surface area contributed by atoms with E-state index in [9.17, 15) is 40.9 Å². The molecule has 0 aromatic rings. The van der Waals surface area contributed by atoms with Crippen LogP contribution in [0.1, 0.15) is 13.8 Å². The molecule has 33 heavy (non-hydrogen) atoms. The second-order valence-corrected chi connectivity index (χ2v) is 8.52. The van der Waals surface area contributed by atoms with E-state index < -0.39 is 98.7 Å². The predicted octanol–water partition coefficient (Wildman–Crippen LogP) is -4.86. The van der Waals surface area contributed by atoms with Crippen molar-refractivity contribution < 1.29 is 69.3 Å². The molecule has 14 heteroatoms. The van der Waals surface area contributed by atoms with Gasteiger partial charge in [-0.1, -0.05) is 0 Å². The maximum absolute atomic E-state index is 10.8. The van der Waals surface area contributed by atoms with E-state index in [1.165, 1.54) is 14.0 Å². The Kier molecular flexibility index (Phi) is 9.02. The van der Waals surface area contributed by atoms with Crippen molar-refractivity contribution >= 4 is 0 Å². The van der Waals surface area contributed by atoms with Crippen molar-refractivity contribution in [1.29, 1.82) is 0 Å². The molecule has 0 bridgehead atoms. The Morgan fingerprint density at radius 1 is 0.576 bits per heavy atom. The van der Waals surface area contributed by atoms with Crippen LogP contribution in [-0.4, -0.2) is 147 Å². The SMILES string of the molecule is CO[C@@H]1O[C@@H](C)[C@H](O[C@H]2O[C@H](CO)[C@@H](O)[C@H](O)[C@H]2O)[C@@H](O[C@@H]2O[C@@H](C)[C@H](O)[C@@H](O)[C@H]2O)[C@H]1O. The van der Waals surface area contributed by atoms with Gasteiger partial charge in [0.05, 0.1) is 18.8 Å². The van der Waals surface area contributed by atoms with Gasteiger partial charge < -0.3 is 69.3 Å². The summed E-state index contributed by atoms with van der Waals surface area (Å²) in [5.41, 5.74) is 0. The first kappa shape index (κ1) is 27.0. The van der Waals surface area contributed by atoms with Crippen molar-refractivity contribution in [1.82, 2.24) is 0 Å². The molecule has 3 heterocycles. The van der Waals surface area contributed by atoms with E-state index in [1.54, 1.807) is 6.92 Å². The third-order valence-electron chi connectivity index (χ3n) is 6.22. The second-order valence-electron chi connectivity index (χ2n) is 8.52. The molecule has 0 aromatic carbocycles. The van der Waals surface area contributed by atoms with Crippen molar-refractivity contribution in [3.05, 3.63) is 0 Å². The van der Waals surface area contributed by atoms with Crippen LogP contribution in [0.25, 0.3) is 0 Å². The van der Waals surface area contributed by atoms with E-state index in [0.717, 1.165) is 0 Å². The molecule has 0 saturated carbocycles. The maximum Gasteiger partial charge on any atom is 0.187 e. The summed E-state index contributed by atoms with van der Waals surface area (Å²) in [5.74, 6) is 0. The summed E-state index contributed by atoms with van der Waals surface area (Å²) in [7, 11) is 1.28. The zero-order chi connectivity index (χ0) is 24.6. The highest BCUT2D eigenvalue weighted by Gasteiger charge is 2.53. The summed E-state index contributed by atoms with van der Waals surface area (Å²) in [6.07, 6.45) is -20.9. The Morgan fingerprint density at radius 2 is 1.09 bits per heavy atom. The predicted molar refractivity (Wildman–Crippen MR) is 103 cm³/mol. The Hall–Kier alpha value is -0.560. The number of aliphatic hydroxyl groups excluding tert-OH is 8. The highest BCUT2D eigenvalue weighted by molar-refractivity contribution is 4.95. The minimum Gasteiger partial charge on any atom is -0.394 e. The van der Waals surface area contributed by atoms with E-state index >= 15 is 0 Å². The fraction of sp³-hybridized carbons (Fsp3) is 1.00. The van der Waals surface area contributed by atoms with Crippen LogP contribution < -0.4 is 0 Å². The van der Waals surface area contributed by atoms with Gasteiger partial charge in [0.15, 0.2) is 18.9 Å². The number of methoxy groups -OCH3 is 1. The van der Waals surface area contributed by atoms with Gasteiger partial charge >= 0.3 is 0 Å². The molecule has 3 fully saturated rings. The third kappa shape index (κ3) is 5.34. The zero-order valence-corrected chi connectivity index (χ0v) is 18.4. The first-order valence-corrected chi connectivity index (χ1v) is 10.7. The summed E-state index contributed by atoms with van der Waals surface area (Å²) in [6, 6.07) is 0. The second kappa shape index (κ2) is 11.0. The molecule has 3 saturated heterocycles. The van der Waals surface area contributed by atoms with Crippen LogP contribution in [0.5, 0.6) is 0 Å². The highest BCUT2D eigenvalue weighted by Crippen LogP contribution is 2.33. The van der Waals surface area contributed by atoms with Crippen LogP contribution in [0, 0.1) is 0 Å². The van der Waals surface area contributed by atoms with Crippen LogP contribution in [0.3, 0.4) is 0 Å². The van der Waals surface area contributed by atoms with E-state index in [4.69, 9.17) is 28.4 Å². The molecule has 194 valence electrons. The van der Waals surface area contributed by atoms with Gasteiger partial charge in [0.2, 0.25) is 0 Å². The van der Waals surface area contributed by atoms with Crippen molar-refractivity contribution in [2.45, 2.75) is 106 Å². The first-order chi connectivity index (χ1) is 15.5. The normalized spacial score (nSPS) is 53.7. The molecule has 14 nitrogen and oxygen atoms in total. The fourth-order valence-electron chi connectivity index (χ4n) is 4.14. The summed E-state index contributed by atoms with van der Waals surface area (Å²) in [4.78, 5) is 0. The minimum atomic E-state index is -1.72. The molecule has 0 spiro atoms. The molecular weight excluding hydrogens is 452 g/mol. The number of hydrogen-bond acceptors (Lipinski definition) is 14. The first-order valence-electron chi connectivity index (χ1n) is 10.7. The molecule has 8 N–H and O–H groups in total. The molecule has 3 rings (SSSR count). The van der Waals surface area contributed by atoms with Gasteiger partial charge in [0.25, 0.3) is 0 Å². The molecule has 0 aromatic heterocycles. The summed E-state index contributed by atoms with van der Waals surface area (Å²) >= 11 is 0. The minimum absolute atomic E-state index is 0.671. The van der Waals surface area contributed by atoms with E-state index in [0.29, 0.717) is 0 Å². The van der Waals surface area contributed by atoms with Gasteiger partial charge in [-0.25, -0.2) is 0 Å². The zero-order valence-electron chi connectivity index (χ0n) is 18.4. The maximum atomic E-state index is 10.8. The average Bonchev–Trinajstić information content (AvgIpc) is 2.79. The van der Waals surface area contributed by atoms with Crippen LogP contribution >= 0.6 is 0 Å². The largest absolute Gasteiger partial charge is 0.394 e. The molecular formula is C19H34O14. The number of hydrogen-bond donors (Lipinski definition) is 8. The van der Waals surface area contributed by atoms with Gasteiger partial charge in [-0.3, -0.25) is 0 Å². The van der Waals surface area contributed by atoms with Gasteiger partial charge in [0.1, 0.15) is 61.0 Å². The number of ether oxygens (including phenoxy) is 6. The Morgan fingerprint density at radius 3 is 1.67 bits per heavy atom. The fourth-order valence-corrected chi connectivity index (χ4v) is 4.14. The van der Waals surface area contributed by atoms with E-state index in [-0.39, 0.29) is 0 Å². The van der Waals surface area contributed by atoms with Gasteiger partial charge in [-0.05, 0) is 13.8 Å². The Bertz CT molecular complexity index is 623. The van der Waals surface area contributed by atoms with Crippen LogP contribution in [0.2, 0.25) is 0 Å². The third-order valence-corrected chi connectivity index (χ3v) is 6.22. The average molecular weight is 486 g/mol. The van der Waals surface area contributed by atoms with Crippen LogP contribution in [0.15, 0.2) is 0 Å². The highest BCUT2D eigenvalue weighted by atomic mass is 16.8. The van der Waals surface area contributed by atoms with Crippen molar-refractivity contribution in [3.63, 3.8) is 0 Å². The molecule has 3 aliphatic heterocycles. The van der Waals surface area contributed by atoms with E-state index in [2.05, 4.69) is 0 Å². The van der Waals surface area contributed by atoms with Gasteiger partial charge in [-0.2, -0.15) is 0 Å². The molecule has 15 atom stereocenters. The lowest BCUT2D eigenvalue weighted by Gasteiger charge is -2.48. The Balaban J connectivity index is 1.82. The molecule has 3 aliphatic rings.